The number of hydrogen-bond donors (Lipinski definition) is 4. The highest BCUT2D eigenvalue weighted by molar-refractivity contribution is 5.39. The van der Waals surface area contributed by atoms with Crippen molar-refractivity contribution in [2.75, 3.05) is 5.73 Å². The van der Waals surface area contributed by atoms with Crippen molar-refractivity contribution >= 4 is 5.82 Å². The van der Waals surface area contributed by atoms with E-state index in [-0.39, 0.29) is 5.75 Å². The highest BCUT2D eigenvalue weighted by Gasteiger charge is 2.13. The van der Waals surface area contributed by atoms with E-state index >= 15 is 0 Å². The summed E-state index contributed by atoms with van der Waals surface area (Å²) in [7, 11) is 0. The van der Waals surface area contributed by atoms with Gasteiger partial charge < -0.3 is 15.9 Å². The Morgan fingerprint density at radius 3 is 2.88 bits per heavy atom. The first-order valence-electron chi connectivity index (χ1n) is 4.91. The smallest absolute Gasteiger partial charge is 0.124 e. The van der Waals surface area contributed by atoms with E-state index in [1.165, 1.54) is 6.20 Å². The summed E-state index contributed by atoms with van der Waals surface area (Å²) in [6.07, 6.45) is 1.17. The number of nitrogens with zero attached hydrogens (tertiary/aromatic N) is 1. The van der Waals surface area contributed by atoms with Crippen molar-refractivity contribution in [2.24, 2.45) is 0 Å². The molecule has 0 amide bonds. The summed E-state index contributed by atoms with van der Waals surface area (Å²) in [5.74, 6) is 0.553. The molecule has 0 bridgehead atoms. The summed E-state index contributed by atoms with van der Waals surface area (Å²) in [5, 5.41) is 25.5. The normalized spacial score (nSPS) is 12.6. The predicted octanol–water partition coefficient (Wildman–Crippen LogP) is 0.974. The van der Waals surface area contributed by atoms with E-state index in [1.807, 2.05) is 6.07 Å². The molecule has 1 unspecified atom stereocenters. The Kier molecular flexibility index (Phi) is 2.78. The van der Waals surface area contributed by atoms with Crippen LogP contribution in [-0.2, 0) is 6.42 Å². The number of phenols is 1. The molecule has 0 radical (unpaired) electrons. The topological polar surface area (TPSA) is 95.2 Å². The summed E-state index contributed by atoms with van der Waals surface area (Å²) in [4.78, 5) is 0. The van der Waals surface area contributed by atoms with Gasteiger partial charge in [-0.2, -0.15) is 5.10 Å². The number of aliphatic hydroxyl groups is 1. The molecule has 1 heterocycles. The predicted molar refractivity (Wildman–Crippen MR) is 59.8 cm³/mol. The monoisotopic (exact) mass is 219 g/mol. The maximum atomic E-state index is 9.91. The fraction of sp³-hybridized carbons (Fsp3) is 0.182. The minimum absolute atomic E-state index is 0.185. The second kappa shape index (κ2) is 4.24. The molecule has 16 heavy (non-hydrogen) atoms. The minimum Gasteiger partial charge on any atom is -0.508 e. The highest BCUT2D eigenvalue weighted by atomic mass is 16.3. The van der Waals surface area contributed by atoms with Gasteiger partial charge in [0, 0.05) is 12.0 Å². The maximum Gasteiger partial charge on any atom is 0.124 e. The molecular weight excluding hydrogens is 206 g/mol. The molecule has 1 aromatic heterocycles. The van der Waals surface area contributed by atoms with Gasteiger partial charge in [0.1, 0.15) is 11.6 Å². The van der Waals surface area contributed by atoms with Crippen LogP contribution in [0.4, 0.5) is 5.82 Å². The number of phenolic OH excluding ortho intramolecular Hbond substituents is 1. The third-order valence-electron chi connectivity index (χ3n) is 2.40. The number of hydrogen-bond acceptors (Lipinski definition) is 4. The summed E-state index contributed by atoms with van der Waals surface area (Å²) in [6.45, 7) is 0. The van der Waals surface area contributed by atoms with Crippen LogP contribution < -0.4 is 5.73 Å². The lowest BCUT2D eigenvalue weighted by Crippen LogP contribution is -2.03. The number of rotatable bonds is 3. The SMILES string of the molecule is Nc1[nH]ncc1C(O)Cc1cccc(O)c1. The molecule has 1 aromatic carbocycles. The Hall–Kier alpha value is -2.01. The second-order valence-corrected chi connectivity index (χ2v) is 3.63. The lowest BCUT2D eigenvalue weighted by atomic mass is 10.0. The molecule has 0 saturated heterocycles. The Morgan fingerprint density at radius 2 is 2.25 bits per heavy atom. The van der Waals surface area contributed by atoms with Crippen molar-refractivity contribution in [3.05, 3.63) is 41.6 Å². The minimum atomic E-state index is -0.722. The number of nitrogens with one attached hydrogen (secondary N) is 1. The van der Waals surface area contributed by atoms with E-state index in [4.69, 9.17) is 5.73 Å². The zero-order valence-corrected chi connectivity index (χ0v) is 8.59. The number of nitrogens with two attached hydrogens (primary N) is 1. The second-order valence-electron chi connectivity index (χ2n) is 3.63. The Balaban J connectivity index is 2.14. The number of aromatic nitrogens is 2. The van der Waals surface area contributed by atoms with E-state index in [0.717, 1.165) is 5.56 Å². The quantitative estimate of drug-likeness (QED) is 0.618. The zero-order chi connectivity index (χ0) is 11.5. The molecule has 1 atom stereocenters. The largest absolute Gasteiger partial charge is 0.508 e. The van der Waals surface area contributed by atoms with Crippen molar-refractivity contribution in [1.29, 1.82) is 0 Å². The fourth-order valence-electron chi connectivity index (χ4n) is 1.59. The molecule has 5 heteroatoms. The van der Waals surface area contributed by atoms with Crippen LogP contribution >= 0.6 is 0 Å². The lowest BCUT2D eigenvalue weighted by molar-refractivity contribution is 0.179. The summed E-state index contributed by atoms with van der Waals surface area (Å²) >= 11 is 0. The van der Waals surface area contributed by atoms with Crippen molar-refractivity contribution in [3.63, 3.8) is 0 Å². The van der Waals surface area contributed by atoms with Gasteiger partial charge in [-0.1, -0.05) is 12.1 Å². The van der Waals surface area contributed by atoms with E-state index < -0.39 is 6.10 Å². The Morgan fingerprint density at radius 1 is 1.44 bits per heavy atom. The van der Waals surface area contributed by atoms with Crippen molar-refractivity contribution in [3.8, 4) is 5.75 Å². The standard InChI is InChI=1S/C11H13N3O2/c12-11-9(6-13-14-11)10(16)5-7-2-1-3-8(15)4-7/h1-4,6,10,15-16H,5H2,(H3,12,13,14). The molecule has 5 N–H and O–H groups in total. The van der Waals surface area contributed by atoms with Gasteiger partial charge >= 0.3 is 0 Å². The molecule has 0 aliphatic rings. The first-order chi connectivity index (χ1) is 7.66. The van der Waals surface area contributed by atoms with Crippen LogP contribution in [0.3, 0.4) is 0 Å². The molecule has 5 nitrogen and oxygen atoms in total. The third kappa shape index (κ3) is 2.14. The first-order valence-corrected chi connectivity index (χ1v) is 4.91. The number of H-pyrrole nitrogens is 1. The number of nitrogen functional groups attached to an aromatic ring is 1. The Labute approximate surface area is 92.5 Å². The number of aliphatic hydroxyl groups excluding tert-OH is 1. The van der Waals surface area contributed by atoms with Crippen LogP contribution in [0.1, 0.15) is 17.2 Å². The van der Waals surface area contributed by atoms with Gasteiger partial charge in [0.2, 0.25) is 0 Å². The van der Waals surface area contributed by atoms with E-state index in [9.17, 15) is 10.2 Å². The average Bonchev–Trinajstić information content (AvgIpc) is 2.64. The van der Waals surface area contributed by atoms with Gasteiger partial charge in [0.05, 0.1) is 12.3 Å². The summed E-state index contributed by atoms with van der Waals surface area (Å²) < 4.78 is 0. The summed E-state index contributed by atoms with van der Waals surface area (Å²) in [6, 6.07) is 6.76. The number of anilines is 1. The van der Waals surface area contributed by atoms with Gasteiger partial charge in [-0.25, -0.2) is 0 Å². The first kappa shape index (κ1) is 10.5. The molecule has 0 fully saturated rings. The molecule has 2 rings (SSSR count). The van der Waals surface area contributed by atoms with Crippen LogP contribution in [0.25, 0.3) is 0 Å². The van der Waals surface area contributed by atoms with E-state index in [0.29, 0.717) is 17.8 Å². The average molecular weight is 219 g/mol. The van der Waals surface area contributed by atoms with Gasteiger partial charge in [0.25, 0.3) is 0 Å². The Bertz CT molecular complexity index is 482. The molecule has 84 valence electrons. The van der Waals surface area contributed by atoms with Gasteiger partial charge in [-0.15, -0.1) is 0 Å². The number of aromatic hydroxyl groups is 1. The van der Waals surface area contributed by atoms with Gasteiger partial charge in [0.15, 0.2) is 0 Å². The van der Waals surface area contributed by atoms with Crippen LogP contribution in [0.2, 0.25) is 0 Å². The van der Waals surface area contributed by atoms with Crippen LogP contribution in [0.15, 0.2) is 30.5 Å². The van der Waals surface area contributed by atoms with Crippen molar-refractivity contribution in [1.82, 2.24) is 10.2 Å². The summed E-state index contributed by atoms with van der Waals surface area (Å²) in [5.41, 5.74) is 7.01. The lowest BCUT2D eigenvalue weighted by Gasteiger charge is -2.09. The molecule has 0 saturated carbocycles. The third-order valence-corrected chi connectivity index (χ3v) is 2.40. The highest BCUT2D eigenvalue weighted by Crippen LogP contribution is 2.23. The zero-order valence-electron chi connectivity index (χ0n) is 8.59. The number of aromatic amines is 1. The maximum absolute atomic E-state index is 9.91. The van der Waals surface area contributed by atoms with Crippen LogP contribution in [0.5, 0.6) is 5.75 Å². The molecule has 0 aliphatic heterocycles. The van der Waals surface area contributed by atoms with Crippen LogP contribution in [-0.4, -0.2) is 20.4 Å². The molecule has 0 aliphatic carbocycles. The molecule has 0 spiro atoms. The number of benzene rings is 1. The molecule has 2 aromatic rings. The van der Waals surface area contributed by atoms with E-state index in [1.54, 1.807) is 18.2 Å². The van der Waals surface area contributed by atoms with Gasteiger partial charge in [-0.05, 0) is 17.7 Å². The van der Waals surface area contributed by atoms with Crippen LogP contribution in [0, 0.1) is 0 Å². The van der Waals surface area contributed by atoms with Crippen molar-refractivity contribution < 1.29 is 10.2 Å². The molecular formula is C11H13N3O2. The van der Waals surface area contributed by atoms with Crippen molar-refractivity contribution in [2.45, 2.75) is 12.5 Å². The van der Waals surface area contributed by atoms with E-state index in [2.05, 4.69) is 10.2 Å². The van der Waals surface area contributed by atoms with Gasteiger partial charge in [-0.3, -0.25) is 5.10 Å². The fourth-order valence-corrected chi connectivity index (χ4v) is 1.59.